The molecule has 1 aliphatic heterocycles. The second kappa shape index (κ2) is 6.91. The van der Waals surface area contributed by atoms with Crippen LogP contribution in [0.15, 0.2) is 29.2 Å². The van der Waals surface area contributed by atoms with Gasteiger partial charge in [-0.1, -0.05) is 0 Å². The van der Waals surface area contributed by atoms with Crippen molar-refractivity contribution in [2.75, 3.05) is 18.8 Å². The smallest absolute Gasteiger partial charge is 0.269 e. The summed E-state index contributed by atoms with van der Waals surface area (Å²) < 4.78 is 0. The number of hydrogen-bond acceptors (Lipinski definition) is 5. The lowest BCUT2D eigenvalue weighted by atomic mass is 10.1. The third kappa shape index (κ3) is 3.95. The van der Waals surface area contributed by atoms with Crippen molar-refractivity contribution in [2.45, 2.75) is 24.3 Å². The monoisotopic (exact) mass is 309 g/mol. The highest BCUT2D eigenvalue weighted by Gasteiger charge is 2.31. The Morgan fingerprint density at radius 3 is 2.67 bits per heavy atom. The molecule has 0 radical (unpaired) electrons. The zero-order valence-corrected chi connectivity index (χ0v) is 12.7. The largest absolute Gasteiger partial charge is 0.339 e. The Kier molecular flexibility index (Phi) is 5.19. The maximum absolute atomic E-state index is 12.2. The molecule has 114 valence electrons. The zero-order valence-electron chi connectivity index (χ0n) is 11.9. The zero-order chi connectivity index (χ0) is 15.4. The maximum atomic E-state index is 12.2. The van der Waals surface area contributed by atoms with Crippen LogP contribution in [0, 0.1) is 16.0 Å². The summed E-state index contributed by atoms with van der Waals surface area (Å²) in [5, 5.41) is 10.6. The van der Waals surface area contributed by atoms with Crippen molar-refractivity contribution >= 4 is 23.4 Å². The van der Waals surface area contributed by atoms with E-state index < -0.39 is 4.92 Å². The standard InChI is InChI=1S/C14H19N3O3S/c1-10-6-11(7-15)8-16(10)14(18)9-21-13-4-2-12(3-5-13)17(19)20/h2-5,10-11H,6-9,15H2,1H3. The number of nitro benzene ring substituents is 1. The Morgan fingerprint density at radius 1 is 1.48 bits per heavy atom. The van der Waals surface area contributed by atoms with Gasteiger partial charge in [-0.15, -0.1) is 11.8 Å². The van der Waals surface area contributed by atoms with E-state index in [9.17, 15) is 14.9 Å². The lowest BCUT2D eigenvalue weighted by Gasteiger charge is -2.21. The average Bonchev–Trinajstić information content (AvgIpc) is 2.86. The molecule has 2 N–H and O–H groups in total. The summed E-state index contributed by atoms with van der Waals surface area (Å²) in [6.07, 6.45) is 0.963. The second-order valence-corrected chi connectivity index (χ2v) is 6.32. The van der Waals surface area contributed by atoms with Gasteiger partial charge in [-0.25, -0.2) is 0 Å². The van der Waals surface area contributed by atoms with Gasteiger partial charge >= 0.3 is 0 Å². The number of amides is 1. The fourth-order valence-electron chi connectivity index (χ4n) is 2.55. The molecule has 2 unspecified atom stereocenters. The lowest BCUT2D eigenvalue weighted by Crippen LogP contribution is -2.35. The molecule has 2 rings (SSSR count). The number of carbonyl (C=O) groups is 1. The minimum absolute atomic E-state index is 0.0598. The molecule has 0 bridgehead atoms. The molecule has 1 aromatic rings. The molecule has 7 heteroatoms. The number of hydrogen-bond donors (Lipinski definition) is 1. The molecule has 0 saturated carbocycles. The number of rotatable bonds is 5. The highest BCUT2D eigenvalue weighted by molar-refractivity contribution is 8.00. The number of thioether (sulfide) groups is 1. The molecule has 6 nitrogen and oxygen atoms in total. The fourth-order valence-corrected chi connectivity index (χ4v) is 3.34. The first kappa shape index (κ1) is 15.8. The SMILES string of the molecule is CC1CC(CN)CN1C(=O)CSc1ccc([N+](=O)[O-])cc1. The van der Waals surface area contributed by atoms with Gasteiger partial charge in [-0.3, -0.25) is 14.9 Å². The van der Waals surface area contributed by atoms with Gasteiger partial charge in [-0.2, -0.15) is 0 Å². The van der Waals surface area contributed by atoms with E-state index in [2.05, 4.69) is 0 Å². The summed E-state index contributed by atoms with van der Waals surface area (Å²) in [5.74, 6) is 0.842. The van der Waals surface area contributed by atoms with Gasteiger partial charge in [0.1, 0.15) is 0 Å². The molecule has 0 aromatic heterocycles. The normalized spacial score (nSPS) is 21.5. The number of nitrogens with two attached hydrogens (primary N) is 1. The Labute approximate surface area is 127 Å². The highest BCUT2D eigenvalue weighted by Crippen LogP contribution is 2.25. The van der Waals surface area contributed by atoms with Gasteiger partial charge in [0.2, 0.25) is 5.91 Å². The van der Waals surface area contributed by atoms with Crippen molar-refractivity contribution in [1.82, 2.24) is 4.90 Å². The lowest BCUT2D eigenvalue weighted by molar-refractivity contribution is -0.384. The first-order chi connectivity index (χ1) is 10.0. The Balaban J connectivity index is 1.88. The third-order valence-corrected chi connectivity index (χ3v) is 4.72. The molecule has 1 saturated heterocycles. The van der Waals surface area contributed by atoms with E-state index in [4.69, 9.17) is 5.73 Å². The fraction of sp³-hybridized carbons (Fsp3) is 0.500. The molecule has 21 heavy (non-hydrogen) atoms. The summed E-state index contributed by atoms with van der Waals surface area (Å²) in [5.41, 5.74) is 5.72. The number of benzene rings is 1. The van der Waals surface area contributed by atoms with E-state index >= 15 is 0 Å². The van der Waals surface area contributed by atoms with Crippen LogP contribution in [-0.4, -0.2) is 40.6 Å². The Bertz CT molecular complexity index is 521. The molecule has 1 aliphatic rings. The van der Waals surface area contributed by atoms with Crippen molar-refractivity contribution in [3.05, 3.63) is 34.4 Å². The number of nitrogens with zero attached hydrogens (tertiary/aromatic N) is 2. The van der Waals surface area contributed by atoms with Gasteiger partial charge < -0.3 is 10.6 Å². The van der Waals surface area contributed by atoms with Gasteiger partial charge in [0.15, 0.2) is 0 Å². The molecular formula is C14H19N3O3S. The molecule has 0 spiro atoms. The number of non-ortho nitro benzene ring substituents is 1. The van der Waals surface area contributed by atoms with Crippen LogP contribution in [0.2, 0.25) is 0 Å². The van der Waals surface area contributed by atoms with E-state index in [0.29, 0.717) is 18.2 Å². The predicted octanol–water partition coefficient (Wildman–Crippen LogP) is 1.88. The number of nitro groups is 1. The third-order valence-electron chi connectivity index (χ3n) is 3.72. The molecule has 1 aromatic carbocycles. The van der Waals surface area contributed by atoms with E-state index in [-0.39, 0.29) is 17.6 Å². The summed E-state index contributed by atoms with van der Waals surface area (Å²) in [4.78, 5) is 25.1. The Hall–Kier alpha value is -1.60. The van der Waals surface area contributed by atoms with Crippen LogP contribution in [0.3, 0.4) is 0 Å². The average molecular weight is 309 g/mol. The van der Waals surface area contributed by atoms with Crippen molar-refractivity contribution in [1.29, 1.82) is 0 Å². The van der Waals surface area contributed by atoms with Gasteiger partial charge in [-0.05, 0) is 37.9 Å². The molecule has 2 atom stereocenters. The number of carbonyl (C=O) groups excluding carboxylic acids is 1. The molecule has 1 fully saturated rings. The van der Waals surface area contributed by atoms with Crippen LogP contribution in [0.1, 0.15) is 13.3 Å². The van der Waals surface area contributed by atoms with Crippen LogP contribution in [-0.2, 0) is 4.79 Å². The molecular weight excluding hydrogens is 290 g/mol. The maximum Gasteiger partial charge on any atom is 0.269 e. The van der Waals surface area contributed by atoms with E-state index in [1.54, 1.807) is 12.1 Å². The van der Waals surface area contributed by atoms with Crippen LogP contribution in [0.5, 0.6) is 0 Å². The van der Waals surface area contributed by atoms with Crippen LogP contribution in [0.4, 0.5) is 5.69 Å². The van der Waals surface area contributed by atoms with Gasteiger partial charge in [0.05, 0.1) is 10.7 Å². The minimum atomic E-state index is -0.432. The van der Waals surface area contributed by atoms with Crippen LogP contribution < -0.4 is 5.73 Å². The number of likely N-dealkylation sites (tertiary alicyclic amines) is 1. The molecule has 1 heterocycles. The summed E-state index contributed by atoms with van der Waals surface area (Å²) >= 11 is 1.40. The van der Waals surface area contributed by atoms with Crippen LogP contribution >= 0.6 is 11.8 Å². The van der Waals surface area contributed by atoms with Crippen molar-refractivity contribution in [3.63, 3.8) is 0 Å². The van der Waals surface area contributed by atoms with E-state index in [1.807, 2.05) is 11.8 Å². The van der Waals surface area contributed by atoms with E-state index in [0.717, 1.165) is 17.9 Å². The van der Waals surface area contributed by atoms with E-state index in [1.165, 1.54) is 23.9 Å². The Morgan fingerprint density at radius 2 is 2.14 bits per heavy atom. The first-order valence-electron chi connectivity index (χ1n) is 6.88. The topological polar surface area (TPSA) is 89.5 Å². The summed E-state index contributed by atoms with van der Waals surface area (Å²) in [6.45, 7) is 3.39. The van der Waals surface area contributed by atoms with Crippen molar-refractivity contribution in [3.8, 4) is 0 Å². The van der Waals surface area contributed by atoms with Gasteiger partial charge in [0, 0.05) is 29.6 Å². The quantitative estimate of drug-likeness (QED) is 0.509. The summed E-state index contributed by atoms with van der Waals surface area (Å²) in [6, 6.07) is 6.49. The highest BCUT2D eigenvalue weighted by atomic mass is 32.2. The van der Waals surface area contributed by atoms with Crippen molar-refractivity contribution in [2.24, 2.45) is 11.7 Å². The van der Waals surface area contributed by atoms with Gasteiger partial charge in [0.25, 0.3) is 5.69 Å². The molecule has 1 amide bonds. The summed E-state index contributed by atoms with van der Waals surface area (Å²) in [7, 11) is 0. The molecule has 0 aliphatic carbocycles. The first-order valence-corrected chi connectivity index (χ1v) is 7.86. The predicted molar refractivity (Wildman–Crippen MR) is 82.2 cm³/mol. The van der Waals surface area contributed by atoms with Crippen LogP contribution in [0.25, 0.3) is 0 Å². The minimum Gasteiger partial charge on any atom is -0.339 e. The van der Waals surface area contributed by atoms with Crippen molar-refractivity contribution < 1.29 is 9.72 Å². The second-order valence-electron chi connectivity index (χ2n) is 5.27.